The summed E-state index contributed by atoms with van der Waals surface area (Å²) >= 11 is 0. The molecule has 0 bridgehead atoms. The minimum Gasteiger partial charge on any atom is -0.491 e. The van der Waals surface area contributed by atoms with Gasteiger partial charge in [0.2, 0.25) is 0 Å². The van der Waals surface area contributed by atoms with Gasteiger partial charge in [-0.3, -0.25) is 9.59 Å². The Labute approximate surface area is 213 Å². The highest BCUT2D eigenvalue weighted by atomic mass is 19.1. The molecule has 0 unspecified atom stereocenters. The van der Waals surface area contributed by atoms with E-state index in [2.05, 4.69) is 16.7 Å². The Morgan fingerprint density at radius 2 is 1.67 bits per heavy atom. The Hall–Kier alpha value is -3.00. The Balaban J connectivity index is 0.000000314. The Morgan fingerprint density at radius 1 is 1.03 bits per heavy atom. The van der Waals surface area contributed by atoms with E-state index in [1.54, 1.807) is 27.7 Å². The molecule has 8 heteroatoms. The third kappa shape index (κ3) is 13.8. The minimum absolute atomic E-state index is 0.0461. The Morgan fingerprint density at radius 3 is 2.17 bits per heavy atom. The minimum atomic E-state index is -0.693. The van der Waals surface area contributed by atoms with E-state index < -0.39 is 23.2 Å². The summed E-state index contributed by atoms with van der Waals surface area (Å²) in [5, 5.41) is 0. The van der Waals surface area contributed by atoms with E-state index in [4.69, 9.17) is 9.47 Å². The first-order valence-electron chi connectivity index (χ1n) is 12.2. The number of benzene rings is 2. The molecular weight excluding hydrogens is 468 g/mol. The summed E-state index contributed by atoms with van der Waals surface area (Å²) in [5.41, 5.74) is 0.307. The average Bonchev–Trinajstić information content (AvgIpc) is 2.82. The van der Waals surface area contributed by atoms with Crippen LogP contribution in [-0.4, -0.2) is 49.7 Å². The van der Waals surface area contributed by atoms with Crippen LogP contribution in [0.5, 0.6) is 5.75 Å². The Kier molecular flexibility index (Phi) is 14.3. The van der Waals surface area contributed by atoms with Crippen LogP contribution in [0.25, 0.3) is 0 Å². The summed E-state index contributed by atoms with van der Waals surface area (Å²) in [6.45, 7) is 10.5. The number of likely N-dealkylation sites (tertiary alicyclic amines) is 1. The largest absolute Gasteiger partial charge is 0.491 e. The van der Waals surface area contributed by atoms with Crippen LogP contribution < -0.4 is 4.74 Å². The SMILES string of the molecule is CCOc1cc(F)c(CC(=O)OC(C)(C)C)cc1F.CN1CCCCC1.O=COCc1ccccc1. The molecule has 0 atom stereocenters. The number of carbonyl (C=O) groups is 2. The van der Waals surface area contributed by atoms with Crippen LogP contribution >= 0.6 is 0 Å². The Bertz CT molecular complexity index is 910. The van der Waals surface area contributed by atoms with Crippen LogP contribution in [-0.2, 0) is 32.1 Å². The van der Waals surface area contributed by atoms with Crippen molar-refractivity contribution in [3.8, 4) is 5.75 Å². The summed E-state index contributed by atoms with van der Waals surface area (Å²) in [4.78, 5) is 23.7. The van der Waals surface area contributed by atoms with Crippen LogP contribution in [0.2, 0.25) is 0 Å². The number of hydrogen-bond acceptors (Lipinski definition) is 6. The van der Waals surface area contributed by atoms with Crippen LogP contribution in [0.15, 0.2) is 42.5 Å². The topological polar surface area (TPSA) is 65.1 Å². The van der Waals surface area contributed by atoms with Crippen LogP contribution in [0.3, 0.4) is 0 Å². The molecular formula is C28H39F2NO5. The molecule has 0 amide bonds. The molecule has 0 spiro atoms. The first-order valence-corrected chi connectivity index (χ1v) is 12.2. The molecule has 0 saturated carbocycles. The summed E-state index contributed by atoms with van der Waals surface area (Å²) in [5.74, 6) is -2.14. The molecule has 1 heterocycles. The zero-order valence-corrected chi connectivity index (χ0v) is 22.0. The second kappa shape index (κ2) is 16.6. The first-order chi connectivity index (χ1) is 17.1. The number of hydrogen-bond donors (Lipinski definition) is 0. The van der Waals surface area contributed by atoms with E-state index in [-0.39, 0.29) is 24.3 Å². The fourth-order valence-electron chi connectivity index (χ4n) is 3.26. The molecule has 6 nitrogen and oxygen atoms in total. The van der Waals surface area contributed by atoms with Gasteiger partial charge < -0.3 is 19.1 Å². The maximum Gasteiger partial charge on any atom is 0.310 e. The lowest BCUT2D eigenvalue weighted by atomic mass is 10.1. The number of nitrogens with zero attached hydrogens (tertiary/aromatic N) is 1. The van der Waals surface area contributed by atoms with Gasteiger partial charge in [0.1, 0.15) is 18.0 Å². The normalized spacial score (nSPS) is 13.3. The number of halogens is 2. The molecule has 36 heavy (non-hydrogen) atoms. The molecule has 0 aliphatic carbocycles. The van der Waals surface area contributed by atoms with Gasteiger partial charge in [0.05, 0.1) is 13.0 Å². The molecule has 0 aromatic heterocycles. The van der Waals surface area contributed by atoms with Crippen molar-refractivity contribution < 1.29 is 32.6 Å². The van der Waals surface area contributed by atoms with Crippen molar-refractivity contribution in [1.82, 2.24) is 4.90 Å². The fraction of sp³-hybridized carbons (Fsp3) is 0.500. The number of piperidine rings is 1. The zero-order valence-electron chi connectivity index (χ0n) is 22.0. The van der Waals surface area contributed by atoms with E-state index in [0.717, 1.165) is 17.7 Å². The highest BCUT2D eigenvalue weighted by molar-refractivity contribution is 5.73. The second-order valence-corrected chi connectivity index (χ2v) is 9.33. The van der Waals surface area contributed by atoms with E-state index in [9.17, 15) is 18.4 Å². The maximum atomic E-state index is 13.7. The smallest absolute Gasteiger partial charge is 0.310 e. The molecule has 0 N–H and O–H groups in total. The van der Waals surface area contributed by atoms with Gasteiger partial charge in [-0.2, -0.15) is 0 Å². The summed E-state index contributed by atoms with van der Waals surface area (Å²) in [6, 6.07) is 11.5. The molecule has 1 saturated heterocycles. The van der Waals surface area contributed by atoms with Crippen molar-refractivity contribution in [2.75, 3.05) is 26.7 Å². The zero-order chi connectivity index (χ0) is 27.0. The maximum absolute atomic E-state index is 13.7. The van der Waals surface area contributed by atoms with Crippen molar-refractivity contribution in [1.29, 1.82) is 0 Å². The highest BCUT2D eigenvalue weighted by Gasteiger charge is 2.19. The number of ether oxygens (including phenoxy) is 3. The van der Waals surface area contributed by atoms with Crippen molar-refractivity contribution >= 4 is 12.4 Å². The van der Waals surface area contributed by atoms with Gasteiger partial charge in [-0.25, -0.2) is 8.78 Å². The van der Waals surface area contributed by atoms with Gasteiger partial charge in [-0.05, 0) is 72.3 Å². The van der Waals surface area contributed by atoms with Gasteiger partial charge in [0.15, 0.2) is 11.6 Å². The molecule has 200 valence electrons. The lowest BCUT2D eigenvalue weighted by molar-refractivity contribution is -0.154. The van der Waals surface area contributed by atoms with Crippen LogP contribution in [0, 0.1) is 11.6 Å². The van der Waals surface area contributed by atoms with Crippen molar-refractivity contribution in [3.05, 3.63) is 65.2 Å². The highest BCUT2D eigenvalue weighted by Crippen LogP contribution is 2.22. The second-order valence-electron chi connectivity index (χ2n) is 9.33. The summed E-state index contributed by atoms with van der Waals surface area (Å²) < 4.78 is 41.8. The molecule has 1 fully saturated rings. The van der Waals surface area contributed by atoms with Crippen LogP contribution in [0.1, 0.15) is 58.1 Å². The number of rotatable bonds is 7. The third-order valence-electron chi connectivity index (χ3n) is 4.90. The lowest BCUT2D eigenvalue weighted by Crippen LogP contribution is -2.25. The van der Waals surface area contributed by atoms with Crippen molar-refractivity contribution in [2.45, 2.75) is 65.6 Å². The monoisotopic (exact) mass is 507 g/mol. The summed E-state index contributed by atoms with van der Waals surface area (Å²) in [6.07, 6.45) is 3.96. The third-order valence-corrected chi connectivity index (χ3v) is 4.90. The van der Waals surface area contributed by atoms with Crippen LogP contribution in [0.4, 0.5) is 8.78 Å². The quantitative estimate of drug-likeness (QED) is 0.353. The summed E-state index contributed by atoms with van der Waals surface area (Å²) in [7, 11) is 2.19. The van der Waals surface area contributed by atoms with Crippen molar-refractivity contribution in [2.24, 2.45) is 0 Å². The van der Waals surface area contributed by atoms with Gasteiger partial charge in [-0.1, -0.05) is 36.8 Å². The molecule has 3 rings (SSSR count). The molecule has 2 aromatic rings. The predicted octanol–water partition coefficient (Wildman–Crippen LogP) is 5.71. The lowest BCUT2D eigenvalue weighted by Gasteiger charge is -2.20. The average molecular weight is 508 g/mol. The molecule has 0 radical (unpaired) electrons. The fourth-order valence-corrected chi connectivity index (χ4v) is 3.26. The molecule has 2 aromatic carbocycles. The van der Waals surface area contributed by atoms with Gasteiger partial charge in [-0.15, -0.1) is 0 Å². The predicted molar refractivity (Wildman–Crippen MR) is 136 cm³/mol. The number of esters is 1. The van der Waals surface area contributed by atoms with E-state index in [0.29, 0.717) is 13.1 Å². The first kappa shape index (κ1) is 31.0. The molecule has 1 aliphatic rings. The van der Waals surface area contributed by atoms with E-state index in [1.807, 2.05) is 30.3 Å². The number of carbonyl (C=O) groups excluding carboxylic acids is 2. The van der Waals surface area contributed by atoms with Gasteiger partial charge in [0.25, 0.3) is 6.47 Å². The van der Waals surface area contributed by atoms with E-state index >= 15 is 0 Å². The van der Waals surface area contributed by atoms with Crippen molar-refractivity contribution in [3.63, 3.8) is 0 Å². The van der Waals surface area contributed by atoms with Gasteiger partial charge >= 0.3 is 5.97 Å². The van der Waals surface area contributed by atoms with E-state index in [1.165, 1.54) is 32.4 Å². The standard InChI is InChI=1S/C14H18F2O3.C8H8O2.C6H13N/c1-5-18-12-8-10(15)9(6-11(12)16)7-13(17)19-14(2,3)4;9-7-10-6-8-4-2-1-3-5-8;1-7-5-3-2-4-6-7/h6,8H,5,7H2,1-4H3;1-5,7H,6H2;2-6H2,1H3. The van der Waals surface area contributed by atoms with Gasteiger partial charge in [0, 0.05) is 11.6 Å². The molecule has 1 aliphatic heterocycles.